The highest BCUT2D eigenvalue weighted by Crippen LogP contribution is 2.35. The fourth-order valence-corrected chi connectivity index (χ4v) is 5.84. The number of urea groups is 1. The second kappa shape index (κ2) is 9.09. The standard InChI is InChI=1S/C24H28N4O5S/c1-16-6-5-7-19(14-16)27-34(32,33)20-15-18(9-8-17(20)2)25-21(29)10-13-28-22(30)24(26-23(28)31)11-3-4-12-24/h5-9,14-15,27H,3-4,10-13H2,1-2H3,(H,25,29)(H,26,31). The Hall–Kier alpha value is -3.40. The summed E-state index contributed by atoms with van der Waals surface area (Å²) >= 11 is 0. The van der Waals surface area contributed by atoms with Gasteiger partial charge in [0.25, 0.3) is 15.9 Å². The number of carbonyl (C=O) groups is 3. The molecule has 1 aliphatic carbocycles. The van der Waals surface area contributed by atoms with Crippen molar-refractivity contribution in [3.8, 4) is 0 Å². The Balaban J connectivity index is 1.41. The van der Waals surface area contributed by atoms with Gasteiger partial charge in [-0.05, 0) is 62.1 Å². The van der Waals surface area contributed by atoms with Crippen molar-refractivity contribution in [2.75, 3.05) is 16.6 Å². The van der Waals surface area contributed by atoms with E-state index in [2.05, 4.69) is 15.4 Å². The minimum absolute atomic E-state index is 0.0375. The monoisotopic (exact) mass is 484 g/mol. The van der Waals surface area contributed by atoms with E-state index in [0.29, 0.717) is 29.8 Å². The quantitative estimate of drug-likeness (QED) is 0.520. The lowest BCUT2D eigenvalue weighted by molar-refractivity contribution is -0.131. The number of anilines is 2. The Morgan fingerprint density at radius 1 is 1.06 bits per heavy atom. The van der Waals surface area contributed by atoms with E-state index in [-0.39, 0.29) is 23.8 Å². The van der Waals surface area contributed by atoms with E-state index >= 15 is 0 Å². The van der Waals surface area contributed by atoms with Gasteiger partial charge in [0.2, 0.25) is 5.91 Å². The van der Waals surface area contributed by atoms with E-state index < -0.39 is 27.5 Å². The maximum absolute atomic E-state index is 13.0. The third-order valence-electron chi connectivity index (χ3n) is 6.30. The van der Waals surface area contributed by atoms with Crippen LogP contribution >= 0.6 is 0 Å². The molecule has 4 rings (SSSR count). The average Bonchev–Trinajstić information content (AvgIpc) is 3.32. The lowest BCUT2D eigenvalue weighted by Crippen LogP contribution is -2.44. The molecule has 0 radical (unpaired) electrons. The number of rotatable bonds is 7. The van der Waals surface area contributed by atoms with Crippen LogP contribution in [0.4, 0.5) is 16.2 Å². The lowest BCUT2D eigenvalue weighted by atomic mass is 9.98. The van der Waals surface area contributed by atoms with E-state index in [1.807, 2.05) is 13.0 Å². The van der Waals surface area contributed by atoms with Crippen molar-refractivity contribution in [2.45, 2.75) is 56.4 Å². The van der Waals surface area contributed by atoms with Gasteiger partial charge in [-0.3, -0.25) is 19.2 Å². The summed E-state index contributed by atoms with van der Waals surface area (Å²) in [6.07, 6.45) is 2.93. The number of aryl methyl sites for hydroxylation is 2. The summed E-state index contributed by atoms with van der Waals surface area (Å²) in [6, 6.07) is 11.2. The second-order valence-electron chi connectivity index (χ2n) is 8.93. The third-order valence-corrected chi connectivity index (χ3v) is 7.82. The fourth-order valence-electron chi connectivity index (χ4n) is 4.52. The molecule has 34 heavy (non-hydrogen) atoms. The molecule has 4 amide bonds. The minimum Gasteiger partial charge on any atom is -0.326 e. The van der Waals surface area contributed by atoms with E-state index in [9.17, 15) is 22.8 Å². The number of nitrogens with one attached hydrogen (secondary N) is 3. The molecule has 2 fully saturated rings. The first-order valence-electron chi connectivity index (χ1n) is 11.2. The van der Waals surface area contributed by atoms with Crippen LogP contribution in [0.25, 0.3) is 0 Å². The Morgan fingerprint density at radius 3 is 2.50 bits per heavy atom. The zero-order chi connectivity index (χ0) is 24.5. The van der Waals surface area contributed by atoms with E-state index in [1.165, 1.54) is 6.07 Å². The second-order valence-corrected chi connectivity index (χ2v) is 10.6. The average molecular weight is 485 g/mol. The lowest BCUT2D eigenvalue weighted by Gasteiger charge is -2.20. The Labute approximate surface area is 199 Å². The summed E-state index contributed by atoms with van der Waals surface area (Å²) in [4.78, 5) is 38.6. The van der Waals surface area contributed by atoms with Gasteiger partial charge in [-0.2, -0.15) is 0 Å². The van der Waals surface area contributed by atoms with E-state index in [1.54, 1.807) is 37.3 Å². The van der Waals surface area contributed by atoms with Crippen molar-refractivity contribution in [3.63, 3.8) is 0 Å². The van der Waals surface area contributed by atoms with Gasteiger partial charge in [0.15, 0.2) is 0 Å². The first-order chi connectivity index (χ1) is 16.1. The first-order valence-corrected chi connectivity index (χ1v) is 12.7. The van der Waals surface area contributed by atoms with Crippen LogP contribution in [0.2, 0.25) is 0 Å². The van der Waals surface area contributed by atoms with Crippen LogP contribution in [0.5, 0.6) is 0 Å². The van der Waals surface area contributed by atoms with Crippen molar-refractivity contribution in [1.29, 1.82) is 0 Å². The summed E-state index contributed by atoms with van der Waals surface area (Å²) in [5.74, 6) is -0.694. The molecule has 1 aliphatic heterocycles. The highest BCUT2D eigenvalue weighted by Gasteiger charge is 2.52. The van der Waals surface area contributed by atoms with E-state index in [0.717, 1.165) is 23.3 Å². The van der Waals surface area contributed by atoms with Gasteiger partial charge < -0.3 is 10.6 Å². The molecule has 0 atom stereocenters. The van der Waals surface area contributed by atoms with Gasteiger partial charge in [-0.15, -0.1) is 0 Å². The predicted octanol–water partition coefficient (Wildman–Crippen LogP) is 3.30. The summed E-state index contributed by atoms with van der Waals surface area (Å²) in [6.45, 7) is 3.50. The number of hydrogen-bond acceptors (Lipinski definition) is 5. The largest absolute Gasteiger partial charge is 0.326 e. The Kier molecular flexibility index (Phi) is 6.35. The predicted molar refractivity (Wildman–Crippen MR) is 128 cm³/mol. The van der Waals surface area contributed by atoms with Crippen LogP contribution < -0.4 is 15.4 Å². The number of hydrogen-bond donors (Lipinski definition) is 3. The molecule has 1 heterocycles. The molecule has 1 spiro atoms. The molecule has 1 saturated carbocycles. The normalized spacial score (nSPS) is 17.2. The maximum Gasteiger partial charge on any atom is 0.325 e. The highest BCUT2D eigenvalue weighted by molar-refractivity contribution is 7.92. The molecule has 9 nitrogen and oxygen atoms in total. The molecule has 10 heteroatoms. The van der Waals surface area contributed by atoms with Crippen molar-refractivity contribution < 1.29 is 22.8 Å². The molecule has 180 valence electrons. The maximum atomic E-state index is 13.0. The van der Waals surface area contributed by atoms with Crippen molar-refractivity contribution in [3.05, 3.63) is 53.6 Å². The summed E-state index contributed by atoms with van der Waals surface area (Å²) < 4.78 is 28.5. The van der Waals surface area contributed by atoms with Crippen molar-refractivity contribution >= 4 is 39.2 Å². The van der Waals surface area contributed by atoms with Gasteiger partial charge in [0.1, 0.15) is 5.54 Å². The minimum atomic E-state index is -3.88. The van der Waals surface area contributed by atoms with Gasteiger partial charge >= 0.3 is 6.03 Å². The van der Waals surface area contributed by atoms with Gasteiger partial charge in [-0.25, -0.2) is 13.2 Å². The molecule has 0 bridgehead atoms. The summed E-state index contributed by atoms with van der Waals surface area (Å²) in [5, 5.41) is 5.46. The summed E-state index contributed by atoms with van der Waals surface area (Å²) in [5.41, 5.74) is 1.39. The fraction of sp³-hybridized carbons (Fsp3) is 0.375. The zero-order valence-electron chi connectivity index (χ0n) is 19.2. The molecule has 0 aromatic heterocycles. The highest BCUT2D eigenvalue weighted by atomic mass is 32.2. The molecular weight excluding hydrogens is 456 g/mol. The molecule has 3 N–H and O–H groups in total. The van der Waals surface area contributed by atoms with Crippen LogP contribution in [0.3, 0.4) is 0 Å². The summed E-state index contributed by atoms with van der Waals surface area (Å²) in [7, 11) is -3.88. The SMILES string of the molecule is Cc1cccc(NS(=O)(=O)c2cc(NC(=O)CCN3C(=O)NC4(CCCC4)C3=O)ccc2C)c1. The first kappa shape index (κ1) is 23.7. The molecule has 1 saturated heterocycles. The third kappa shape index (κ3) is 4.77. The van der Waals surface area contributed by atoms with Crippen molar-refractivity contribution in [2.24, 2.45) is 0 Å². The smallest absolute Gasteiger partial charge is 0.325 e. The molecule has 2 aromatic rings. The molecule has 0 unspecified atom stereocenters. The van der Waals surface area contributed by atoms with Crippen LogP contribution in [0.15, 0.2) is 47.4 Å². The number of amides is 4. The Bertz CT molecular complexity index is 1250. The van der Waals surface area contributed by atoms with Crippen LogP contribution in [0.1, 0.15) is 43.2 Å². The van der Waals surface area contributed by atoms with E-state index in [4.69, 9.17) is 0 Å². The number of carbonyl (C=O) groups excluding carboxylic acids is 3. The van der Waals surface area contributed by atoms with Crippen molar-refractivity contribution in [1.82, 2.24) is 10.2 Å². The number of nitrogens with zero attached hydrogens (tertiary/aromatic N) is 1. The topological polar surface area (TPSA) is 125 Å². The molecule has 2 aromatic carbocycles. The number of sulfonamides is 1. The van der Waals surface area contributed by atoms with Crippen LogP contribution in [-0.2, 0) is 19.6 Å². The van der Waals surface area contributed by atoms with Gasteiger partial charge in [0.05, 0.1) is 4.90 Å². The van der Waals surface area contributed by atoms with Crippen LogP contribution in [-0.4, -0.2) is 43.2 Å². The van der Waals surface area contributed by atoms with Gasteiger partial charge in [-0.1, -0.05) is 31.0 Å². The van der Waals surface area contributed by atoms with Gasteiger partial charge in [0, 0.05) is 24.3 Å². The Morgan fingerprint density at radius 2 is 1.79 bits per heavy atom. The zero-order valence-corrected chi connectivity index (χ0v) is 20.0. The number of imide groups is 1. The molecule has 2 aliphatic rings. The number of benzene rings is 2. The van der Waals surface area contributed by atoms with Crippen LogP contribution in [0, 0.1) is 13.8 Å². The molecular formula is C24H28N4O5S.